The molecule has 1 N–H and O–H groups in total. The Morgan fingerprint density at radius 2 is 1.88 bits per heavy atom. The summed E-state index contributed by atoms with van der Waals surface area (Å²) >= 11 is 0. The lowest BCUT2D eigenvalue weighted by Gasteiger charge is -2.47. The fraction of sp³-hybridized carbons (Fsp3) is 0.211. The smallest absolute Gasteiger partial charge is 0.351 e. The van der Waals surface area contributed by atoms with Crippen molar-refractivity contribution in [3.8, 4) is 5.75 Å². The van der Waals surface area contributed by atoms with Crippen LogP contribution >= 0.6 is 0 Å². The van der Waals surface area contributed by atoms with Gasteiger partial charge >= 0.3 is 5.97 Å². The first-order valence-electron chi connectivity index (χ1n) is 8.15. The Morgan fingerprint density at radius 3 is 2.62 bits per heavy atom. The molecule has 2 aliphatic rings. The summed E-state index contributed by atoms with van der Waals surface area (Å²) in [5, 5.41) is 10.1. The standard InChI is InChI=1S/C19H16N2O5/c1-26-13-6-4-5-12(11-13)20-17(23)14-7-2-3-8-15(14)21-16(22)9-10-19(20,21)18(24)25/h2-8,11H,9-10H2,1H3,(H,24,25)/t19-/m0/s1. The van der Waals surface area contributed by atoms with Gasteiger partial charge in [-0.05, 0) is 24.3 Å². The van der Waals surface area contributed by atoms with E-state index in [1.165, 1.54) is 16.9 Å². The molecule has 0 spiro atoms. The average Bonchev–Trinajstić information content (AvgIpc) is 3.01. The van der Waals surface area contributed by atoms with Crippen molar-refractivity contribution in [1.29, 1.82) is 0 Å². The Morgan fingerprint density at radius 1 is 1.12 bits per heavy atom. The quantitative estimate of drug-likeness (QED) is 0.916. The van der Waals surface area contributed by atoms with E-state index in [-0.39, 0.29) is 18.7 Å². The van der Waals surface area contributed by atoms with Gasteiger partial charge in [-0.1, -0.05) is 18.2 Å². The average molecular weight is 352 g/mol. The normalized spacial score (nSPS) is 21.4. The number of benzene rings is 2. The lowest BCUT2D eigenvalue weighted by molar-refractivity contribution is -0.143. The van der Waals surface area contributed by atoms with E-state index >= 15 is 0 Å². The van der Waals surface area contributed by atoms with Crippen LogP contribution in [0.15, 0.2) is 48.5 Å². The molecule has 132 valence electrons. The lowest BCUT2D eigenvalue weighted by atomic mass is 9.95. The van der Waals surface area contributed by atoms with Gasteiger partial charge in [0.25, 0.3) is 5.91 Å². The molecule has 0 aliphatic carbocycles. The number of methoxy groups -OCH3 is 1. The molecule has 1 atom stereocenters. The van der Waals surface area contributed by atoms with Gasteiger partial charge in [0, 0.05) is 18.9 Å². The van der Waals surface area contributed by atoms with Crippen LogP contribution in [0.5, 0.6) is 5.75 Å². The number of hydrogen-bond donors (Lipinski definition) is 1. The van der Waals surface area contributed by atoms with Crippen LogP contribution in [0.2, 0.25) is 0 Å². The molecule has 4 rings (SSSR count). The zero-order valence-corrected chi connectivity index (χ0v) is 14.0. The van der Waals surface area contributed by atoms with Crippen LogP contribution in [0.4, 0.5) is 11.4 Å². The van der Waals surface area contributed by atoms with Gasteiger partial charge in [0.1, 0.15) is 5.75 Å². The predicted molar refractivity (Wildman–Crippen MR) is 93.3 cm³/mol. The van der Waals surface area contributed by atoms with E-state index in [9.17, 15) is 19.5 Å². The second kappa shape index (κ2) is 5.59. The maximum Gasteiger partial charge on any atom is 0.351 e. The number of nitrogens with zero attached hydrogens (tertiary/aromatic N) is 2. The number of amides is 2. The van der Waals surface area contributed by atoms with Crippen LogP contribution in [0.1, 0.15) is 23.2 Å². The van der Waals surface area contributed by atoms with E-state index in [1.807, 2.05) is 0 Å². The first-order valence-corrected chi connectivity index (χ1v) is 8.15. The second-order valence-electron chi connectivity index (χ2n) is 6.21. The van der Waals surface area contributed by atoms with Crippen LogP contribution in [0.25, 0.3) is 0 Å². The molecular formula is C19H16N2O5. The molecule has 0 saturated carbocycles. The number of carboxylic acids is 1. The van der Waals surface area contributed by atoms with Gasteiger partial charge in [0.2, 0.25) is 11.6 Å². The van der Waals surface area contributed by atoms with Crippen molar-refractivity contribution in [2.24, 2.45) is 0 Å². The van der Waals surface area contributed by atoms with E-state index in [0.717, 1.165) is 0 Å². The van der Waals surface area contributed by atoms with Crippen LogP contribution < -0.4 is 14.5 Å². The molecule has 0 radical (unpaired) electrons. The van der Waals surface area contributed by atoms with Gasteiger partial charge < -0.3 is 9.84 Å². The van der Waals surface area contributed by atoms with Crippen LogP contribution in [0, 0.1) is 0 Å². The zero-order valence-electron chi connectivity index (χ0n) is 14.0. The van der Waals surface area contributed by atoms with Gasteiger partial charge in [-0.3, -0.25) is 19.4 Å². The maximum atomic E-state index is 13.3. The van der Waals surface area contributed by atoms with Gasteiger partial charge in [-0.15, -0.1) is 0 Å². The molecule has 26 heavy (non-hydrogen) atoms. The minimum Gasteiger partial charge on any atom is -0.497 e. The monoisotopic (exact) mass is 352 g/mol. The summed E-state index contributed by atoms with van der Waals surface area (Å²) in [4.78, 5) is 40.7. The minimum atomic E-state index is -1.78. The van der Waals surface area contributed by atoms with E-state index in [4.69, 9.17) is 4.74 Å². The van der Waals surface area contributed by atoms with Crippen molar-refractivity contribution in [3.63, 3.8) is 0 Å². The summed E-state index contributed by atoms with van der Waals surface area (Å²) in [6.07, 6.45) is 0.0623. The Bertz CT molecular complexity index is 941. The van der Waals surface area contributed by atoms with Crippen molar-refractivity contribution in [2.45, 2.75) is 18.5 Å². The number of rotatable bonds is 3. The highest BCUT2D eigenvalue weighted by atomic mass is 16.5. The number of para-hydroxylation sites is 1. The van der Waals surface area contributed by atoms with Crippen LogP contribution in [0.3, 0.4) is 0 Å². The number of ether oxygens (including phenoxy) is 1. The lowest BCUT2D eigenvalue weighted by Crippen LogP contribution is -2.68. The van der Waals surface area contributed by atoms with E-state index < -0.39 is 17.5 Å². The molecule has 0 unspecified atom stereocenters. The largest absolute Gasteiger partial charge is 0.497 e. The summed E-state index contributed by atoms with van der Waals surface area (Å²) in [5.41, 5.74) is -0.788. The van der Waals surface area contributed by atoms with Gasteiger partial charge in [0.15, 0.2) is 0 Å². The van der Waals surface area contributed by atoms with E-state index in [1.54, 1.807) is 48.5 Å². The Balaban J connectivity index is 2.01. The van der Waals surface area contributed by atoms with Crippen molar-refractivity contribution in [1.82, 2.24) is 0 Å². The SMILES string of the molecule is COc1cccc(N2C(=O)c3ccccc3N3C(=O)CC[C@]23C(=O)O)c1. The molecular weight excluding hydrogens is 336 g/mol. The van der Waals surface area contributed by atoms with Gasteiger partial charge in [-0.2, -0.15) is 0 Å². The zero-order chi connectivity index (χ0) is 18.5. The third kappa shape index (κ3) is 1.97. The highest BCUT2D eigenvalue weighted by molar-refractivity contribution is 6.22. The van der Waals surface area contributed by atoms with Crippen molar-refractivity contribution >= 4 is 29.2 Å². The third-order valence-corrected chi connectivity index (χ3v) is 4.91. The topological polar surface area (TPSA) is 87.2 Å². The molecule has 2 heterocycles. The first-order chi connectivity index (χ1) is 12.5. The number of carbonyl (C=O) groups excluding carboxylic acids is 2. The number of fused-ring (bicyclic) bond motifs is 3. The molecule has 1 fully saturated rings. The molecule has 0 aromatic heterocycles. The first kappa shape index (κ1) is 16.1. The molecule has 2 aliphatic heterocycles. The third-order valence-electron chi connectivity index (χ3n) is 4.91. The fourth-order valence-corrected chi connectivity index (χ4v) is 3.77. The summed E-state index contributed by atoms with van der Waals surface area (Å²) < 4.78 is 5.21. The van der Waals surface area contributed by atoms with Crippen LogP contribution in [-0.2, 0) is 9.59 Å². The molecule has 1 saturated heterocycles. The number of carbonyl (C=O) groups is 3. The summed E-state index contributed by atoms with van der Waals surface area (Å²) in [5.74, 6) is -1.53. The number of anilines is 2. The van der Waals surface area contributed by atoms with Crippen molar-refractivity contribution in [3.05, 3.63) is 54.1 Å². The van der Waals surface area contributed by atoms with E-state index in [0.29, 0.717) is 22.7 Å². The molecule has 7 nitrogen and oxygen atoms in total. The number of carboxylic acid groups (broad SMARTS) is 1. The minimum absolute atomic E-state index is 0.0124. The molecule has 2 aromatic carbocycles. The van der Waals surface area contributed by atoms with Crippen LogP contribution in [-0.4, -0.2) is 35.7 Å². The Labute approximate surface area is 149 Å². The molecule has 7 heteroatoms. The highest BCUT2D eigenvalue weighted by Gasteiger charge is 2.61. The maximum absolute atomic E-state index is 13.3. The number of aliphatic carboxylic acids is 1. The van der Waals surface area contributed by atoms with Gasteiger partial charge in [0.05, 0.1) is 24.0 Å². The van der Waals surface area contributed by atoms with Gasteiger partial charge in [-0.25, -0.2) is 4.79 Å². The second-order valence-corrected chi connectivity index (χ2v) is 6.21. The van der Waals surface area contributed by atoms with E-state index in [2.05, 4.69) is 0 Å². The fourth-order valence-electron chi connectivity index (χ4n) is 3.77. The van der Waals surface area contributed by atoms with Crippen molar-refractivity contribution < 1.29 is 24.2 Å². The molecule has 2 amide bonds. The molecule has 0 bridgehead atoms. The summed E-state index contributed by atoms with van der Waals surface area (Å²) in [6, 6.07) is 13.2. The summed E-state index contributed by atoms with van der Waals surface area (Å²) in [6.45, 7) is 0. The Kier molecular flexibility index (Phi) is 3.47. The summed E-state index contributed by atoms with van der Waals surface area (Å²) in [7, 11) is 1.49. The Hall–Kier alpha value is -3.35. The highest BCUT2D eigenvalue weighted by Crippen LogP contribution is 2.46. The van der Waals surface area contributed by atoms with Crippen molar-refractivity contribution in [2.75, 3.05) is 16.9 Å². The predicted octanol–water partition coefficient (Wildman–Crippen LogP) is 2.26. The molecule has 2 aromatic rings. The number of hydrogen-bond acceptors (Lipinski definition) is 4.